The van der Waals surface area contributed by atoms with E-state index in [1.54, 1.807) is 0 Å². The number of hydrogen-bond acceptors (Lipinski definition) is 3. The molecule has 3 atom stereocenters. The predicted molar refractivity (Wildman–Crippen MR) is 120 cm³/mol. The van der Waals surface area contributed by atoms with Gasteiger partial charge in [0, 0.05) is 30.1 Å². The number of nitrogens with one attached hydrogen (secondary N) is 1. The first-order valence-corrected chi connectivity index (χ1v) is 12.7. The Hall–Kier alpha value is -1.89. The van der Waals surface area contributed by atoms with Gasteiger partial charge in [-0.05, 0) is 60.4 Å². The molecule has 2 aliphatic rings. The summed E-state index contributed by atoms with van der Waals surface area (Å²) in [7, 11) is -3.22. The normalized spacial score (nSPS) is 24.3. The molecule has 0 bridgehead atoms. The third-order valence-electron chi connectivity index (χ3n) is 6.04. The second-order valence-corrected chi connectivity index (χ2v) is 10.6. The zero-order valence-corrected chi connectivity index (χ0v) is 18.6. The van der Waals surface area contributed by atoms with Crippen molar-refractivity contribution in [3.63, 3.8) is 0 Å². The third kappa shape index (κ3) is 5.05. The lowest BCUT2D eigenvalue weighted by Crippen LogP contribution is -2.36. The SMILES string of the molecule is CS(=O)(=O)N[C@@H]1CCCN(C(=O)[C@@H]2C[C@H]2c2ccccc2-c2ccc(Cl)cc2)CC1. The third-order valence-corrected chi connectivity index (χ3v) is 7.06. The van der Waals surface area contributed by atoms with Crippen molar-refractivity contribution < 1.29 is 13.2 Å². The van der Waals surface area contributed by atoms with E-state index in [1.165, 1.54) is 11.8 Å². The lowest BCUT2D eigenvalue weighted by Gasteiger charge is -2.21. The summed E-state index contributed by atoms with van der Waals surface area (Å²) in [5.41, 5.74) is 3.48. The first-order chi connectivity index (χ1) is 14.3. The van der Waals surface area contributed by atoms with Gasteiger partial charge in [-0.3, -0.25) is 4.79 Å². The zero-order valence-electron chi connectivity index (χ0n) is 17.1. The topological polar surface area (TPSA) is 66.5 Å². The Morgan fingerprint density at radius 2 is 1.80 bits per heavy atom. The highest BCUT2D eigenvalue weighted by molar-refractivity contribution is 7.88. The van der Waals surface area contributed by atoms with Gasteiger partial charge in [-0.1, -0.05) is 48.0 Å². The Morgan fingerprint density at radius 3 is 2.53 bits per heavy atom. The Balaban J connectivity index is 1.44. The molecule has 0 unspecified atom stereocenters. The summed E-state index contributed by atoms with van der Waals surface area (Å²) in [5.74, 6) is 0.446. The van der Waals surface area contributed by atoms with Gasteiger partial charge in [0.05, 0.1) is 6.26 Å². The molecule has 1 aliphatic heterocycles. The van der Waals surface area contributed by atoms with E-state index in [9.17, 15) is 13.2 Å². The molecule has 30 heavy (non-hydrogen) atoms. The highest BCUT2D eigenvalue weighted by atomic mass is 35.5. The molecule has 1 amide bonds. The van der Waals surface area contributed by atoms with Crippen LogP contribution in [0.15, 0.2) is 48.5 Å². The maximum absolute atomic E-state index is 13.2. The van der Waals surface area contributed by atoms with Crippen LogP contribution in [0.2, 0.25) is 5.02 Å². The van der Waals surface area contributed by atoms with Crippen molar-refractivity contribution in [2.75, 3.05) is 19.3 Å². The molecular formula is C23H27ClN2O3S. The Morgan fingerprint density at radius 1 is 1.07 bits per heavy atom. The Bertz CT molecular complexity index is 1020. The van der Waals surface area contributed by atoms with Crippen molar-refractivity contribution in [3.8, 4) is 11.1 Å². The fraction of sp³-hybridized carbons (Fsp3) is 0.435. The zero-order chi connectivity index (χ0) is 21.3. The Labute approximate surface area is 183 Å². The molecule has 160 valence electrons. The van der Waals surface area contributed by atoms with Gasteiger partial charge < -0.3 is 4.90 Å². The van der Waals surface area contributed by atoms with Crippen molar-refractivity contribution in [2.45, 2.75) is 37.6 Å². The molecule has 1 saturated heterocycles. The number of hydrogen-bond donors (Lipinski definition) is 1. The van der Waals surface area contributed by atoms with E-state index in [0.29, 0.717) is 24.5 Å². The minimum absolute atomic E-state index is 0.0119. The molecular weight excluding hydrogens is 420 g/mol. The number of rotatable bonds is 5. The number of benzene rings is 2. The van der Waals surface area contributed by atoms with Crippen LogP contribution in [-0.2, 0) is 14.8 Å². The summed E-state index contributed by atoms with van der Waals surface area (Å²) in [5, 5.41) is 0.709. The van der Waals surface area contributed by atoms with Gasteiger partial charge in [-0.25, -0.2) is 13.1 Å². The van der Waals surface area contributed by atoms with E-state index in [0.717, 1.165) is 30.4 Å². The van der Waals surface area contributed by atoms with Crippen molar-refractivity contribution >= 4 is 27.5 Å². The van der Waals surface area contributed by atoms with Gasteiger partial charge in [-0.2, -0.15) is 0 Å². The summed E-state index contributed by atoms with van der Waals surface area (Å²) in [6, 6.07) is 16.0. The number of nitrogens with zero attached hydrogens (tertiary/aromatic N) is 1. The second-order valence-electron chi connectivity index (χ2n) is 8.39. The predicted octanol–water partition coefficient (Wildman–Crippen LogP) is 4.04. The molecule has 4 rings (SSSR count). The van der Waals surface area contributed by atoms with Crippen molar-refractivity contribution in [3.05, 3.63) is 59.1 Å². The number of halogens is 1. The van der Waals surface area contributed by atoms with E-state index in [1.807, 2.05) is 41.3 Å². The van der Waals surface area contributed by atoms with E-state index in [4.69, 9.17) is 11.6 Å². The molecule has 1 heterocycles. The fourth-order valence-electron chi connectivity index (χ4n) is 4.50. The number of amides is 1. The molecule has 1 aliphatic carbocycles. The van der Waals surface area contributed by atoms with Crippen molar-refractivity contribution in [1.29, 1.82) is 0 Å². The van der Waals surface area contributed by atoms with Crippen LogP contribution in [0.1, 0.15) is 37.2 Å². The highest BCUT2D eigenvalue weighted by Crippen LogP contribution is 2.51. The summed E-state index contributed by atoms with van der Waals surface area (Å²) < 4.78 is 25.7. The van der Waals surface area contributed by atoms with Gasteiger partial charge in [-0.15, -0.1) is 0 Å². The minimum atomic E-state index is -3.22. The number of carbonyl (C=O) groups excluding carboxylic acids is 1. The number of carbonyl (C=O) groups is 1. The Kier molecular flexibility index (Phi) is 6.19. The average molecular weight is 447 g/mol. The van der Waals surface area contributed by atoms with Gasteiger partial charge in [0.25, 0.3) is 0 Å². The smallest absolute Gasteiger partial charge is 0.226 e. The number of sulfonamides is 1. The summed E-state index contributed by atoms with van der Waals surface area (Å²) in [6.07, 6.45) is 4.30. The van der Waals surface area contributed by atoms with Crippen molar-refractivity contribution in [1.82, 2.24) is 9.62 Å². The molecule has 2 aromatic rings. The summed E-state index contributed by atoms with van der Waals surface area (Å²) >= 11 is 6.04. The van der Waals surface area contributed by atoms with Gasteiger partial charge in [0.15, 0.2) is 0 Å². The van der Waals surface area contributed by atoms with E-state index in [2.05, 4.69) is 16.9 Å². The fourth-order valence-corrected chi connectivity index (χ4v) is 5.46. The lowest BCUT2D eigenvalue weighted by atomic mass is 9.96. The van der Waals surface area contributed by atoms with Crippen LogP contribution in [0.3, 0.4) is 0 Å². The first-order valence-electron chi connectivity index (χ1n) is 10.4. The molecule has 1 N–H and O–H groups in total. The van der Waals surface area contributed by atoms with E-state index in [-0.39, 0.29) is 23.8 Å². The monoisotopic (exact) mass is 446 g/mol. The highest BCUT2D eigenvalue weighted by Gasteiger charge is 2.46. The second kappa shape index (κ2) is 8.69. The van der Waals surface area contributed by atoms with Gasteiger partial charge >= 0.3 is 0 Å². The molecule has 1 saturated carbocycles. The van der Waals surface area contributed by atoms with E-state index < -0.39 is 10.0 Å². The van der Waals surface area contributed by atoms with Crippen LogP contribution < -0.4 is 4.72 Å². The average Bonchev–Trinajstić information content (AvgIpc) is 3.51. The van der Waals surface area contributed by atoms with Crippen LogP contribution in [-0.4, -0.2) is 44.6 Å². The van der Waals surface area contributed by atoms with Crippen LogP contribution >= 0.6 is 11.6 Å². The van der Waals surface area contributed by atoms with Crippen LogP contribution in [0.4, 0.5) is 0 Å². The standard InChI is InChI=1S/C23H27ClN2O3S/c1-30(28,29)25-18-5-4-13-26(14-12-18)23(27)22-15-21(22)20-7-3-2-6-19(20)16-8-10-17(24)11-9-16/h2-3,6-11,18,21-22,25H,4-5,12-15H2,1H3/t18-,21+,22-/m1/s1. The van der Waals surface area contributed by atoms with Crippen molar-refractivity contribution in [2.24, 2.45) is 5.92 Å². The summed E-state index contributed by atoms with van der Waals surface area (Å²) in [6.45, 7) is 1.30. The van der Waals surface area contributed by atoms with Gasteiger partial charge in [0.2, 0.25) is 15.9 Å². The van der Waals surface area contributed by atoms with Crippen LogP contribution in [0.25, 0.3) is 11.1 Å². The lowest BCUT2D eigenvalue weighted by molar-refractivity contribution is -0.132. The molecule has 0 spiro atoms. The maximum atomic E-state index is 13.2. The largest absolute Gasteiger partial charge is 0.342 e. The van der Waals surface area contributed by atoms with Crippen LogP contribution in [0.5, 0.6) is 0 Å². The molecule has 0 aromatic heterocycles. The first kappa shape index (κ1) is 21.3. The van der Waals surface area contributed by atoms with Gasteiger partial charge in [0.1, 0.15) is 0 Å². The number of likely N-dealkylation sites (tertiary alicyclic amines) is 1. The molecule has 5 nitrogen and oxygen atoms in total. The quantitative estimate of drug-likeness (QED) is 0.753. The maximum Gasteiger partial charge on any atom is 0.226 e. The van der Waals surface area contributed by atoms with E-state index >= 15 is 0 Å². The minimum Gasteiger partial charge on any atom is -0.342 e. The van der Waals surface area contributed by atoms with Crippen LogP contribution in [0, 0.1) is 5.92 Å². The molecule has 0 radical (unpaired) electrons. The molecule has 7 heteroatoms. The molecule has 2 fully saturated rings. The molecule has 2 aromatic carbocycles. The summed E-state index contributed by atoms with van der Waals surface area (Å²) in [4.78, 5) is 15.1.